The summed E-state index contributed by atoms with van der Waals surface area (Å²) in [7, 11) is 0. The molecule has 0 bridgehead atoms. The van der Waals surface area contributed by atoms with Crippen molar-refractivity contribution in [3.05, 3.63) is 77.7 Å². The molecule has 1 fully saturated rings. The van der Waals surface area contributed by atoms with E-state index >= 15 is 0 Å². The number of aliphatic hydroxyl groups is 4. The molecule has 0 aliphatic carbocycles. The van der Waals surface area contributed by atoms with E-state index in [1.807, 2.05) is 37.3 Å². The molecule has 6 atom stereocenters. The Hall–Kier alpha value is -5.54. The number of carboxylic acids is 1. The van der Waals surface area contributed by atoms with Gasteiger partial charge in [-0.1, -0.05) is 23.4 Å². The van der Waals surface area contributed by atoms with E-state index in [1.165, 1.54) is 12.3 Å². The van der Waals surface area contributed by atoms with E-state index in [2.05, 4.69) is 26.0 Å². The monoisotopic (exact) mass is 731 g/mol. The molecule has 4 aromatic rings. The first-order valence-electron chi connectivity index (χ1n) is 15.6. The van der Waals surface area contributed by atoms with Crippen LogP contribution in [0.1, 0.15) is 36.7 Å². The van der Waals surface area contributed by atoms with Gasteiger partial charge in [-0.05, 0) is 37.3 Å². The second-order valence-electron chi connectivity index (χ2n) is 11.8. The number of hydrogen-bond donors (Lipinski definition) is 7. The molecular formula is C32H35F2N7O11. The summed E-state index contributed by atoms with van der Waals surface area (Å²) < 4.78 is 47.7. The SMILES string of the molecule is CC(=O)N[C@H]1[C@H]([C@H](O)[C@H](O)CO)O[C@@](Oc2ccc(-n3cc(COC(=O)Nc4cc(C)n(-c5ccccc5)n4)nn3)cc2C(F)F)(C(=O)O)C[C@@H]1O. The first kappa shape index (κ1) is 37.7. The molecule has 0 saturated carbocycles. The molecule has 7 N–H and O–H groups in total. The standard InChI is InChI=1S/C32H35F2N7O11/c1-16-10-25(38-41(16)19-6-4-3-5-7-19)36-31(49)50-15-18-13-40(39-37-18)20-8-9-24(21(11-20)29(33)34)51-32(30(47)48)12-22(44)26(35-17(2)43)28(52-32)27(46)23(45)14-42/h3-11,13,22-23,26-29,42,44-46H,12,14-15H2,1-2H3,(H,35,43)(H,47,48)(H,36,38,49)/t22-,23+,26+,27+,28+,32+/m0/s1. The van der Waals surface area contributed by atoms with Crippen molar-refractivity contribution in [3.8, 4) is 17.1 Å². The molecule has 0 unspecified atom stereocenters. The minimum Gasteiger partial charge on any atom is -0.476 e. The molecule has 52 heavy (non-hydrogen) atoms. The maximum atomic E-state index is 14.4. The Morgan fingerprint density at radius 1 is 1.12 bits per heavy atom. The molecule has 0 spiro atoms. The predicted molar refractivity (Wildman–Crippen MR) is 172 cm³/mol. The Morgan fingerprint density at radius 3 is 2.50 bits per heavy atom. The minimum absolute atomic E-state index is 0.0202. The van der Waals surface area contributed by atoms with E-state index in [0.29, 0.717) is 0 Å². The molecule has 5 rings (SSSR count). The number of aliphatic carboxylic acids is 1. The number of alkyl halides is 2. The molecule has 2 aromatic carbocycles. The Bertz CT molecular complexity index is 1890. The summed E-state index contributed by atoms with van der Waals surface area (Å²) in [5, 5.41) is 67.8. The van der Waals surface area contributed by atoms with Crippen molar-refractivity contribution in [3.63, 3.8) is 0 Å². The van der Waals surface area contributed by atoms with Crippen LogP contribution < -0.4 is 15.4 Å². The highest BCUT2D eigenvalue weighted by atomic mass is 19.3. The van der Waals surface area contributed by atoms with Crippen molar-refractivity contribution < 1.29 is 62.9 Å². The number of anilines is 1. The third-order valence-electron chi connectivity index (χ3n) is 7.96. The number of nitrogens with zero attached hydrogens (tertiary/aromatic N) is 5. The molecule has 278 valence electrons. The summed E-state index contributed by atoms with van der Waals surface area (Å²) in [4.78, 5) is 36.7. The summed E-state index contributed by atoms with van der Waals surface area (Å²) in [5.41, 5.74) is 0.869. The smallest absolute Gasteiger partial charge is 0.413 e. The lowest BCUT2D eigenvalue weighted by molar-refractivity contribution is -0.284. The number of carbonyl (C=O) groups is 3. The molecule has 18 nitrogen and oxygen atoms in total. The van der Waals surface area contributed by atoms with Gasteiger partial charge in [-0.15, -0.1) is 10.2 Å². The quantitative estimate of drug-likeness (QED) is 0.101. The molecule has 1 aliphatic heterocycles. The fourth-order valence-corrected chi connectivity index (χ4v) is 5.49. The van der Waals surface area contributed by atoms with Crippen LogP contribution in [0.25, 0.3) is 11.4 Å². The van der Waals surface area contributed by atoms with E-state index in [0.717, 1.165) is 35.1 Å². The third kappa shape index (κ3) is 8.32. The normalized spacial score (nSPS) is 21.3. The highest BCUT2D eigenvalue weighted by Gasteiger charge is 2.57. The first-order valence-corrected chi connectivity index (χ1v) is 15.6. The van der Waals surface area contributed by atoms with Crippen LogP contribution in [-0.4, -0.2) is 111 Å². The van der Waals surface area contributed by atoms with Crippen molar-refractivity contribution in [2.24, 2.45) is 0 Å². The second-order valence-corrected chi connectivity index (χ2v) is 11.8. The van der Waals surface area contributed by atoms with Crippen LogP contribution in [0.2, 0.25) is 0 Å². The number of nitrogens with one attached hydrogen (secondary N) is 2. The minimum atomic E-state index is -3.25. The number of amides is 2. The Labute approximate surface area is 293 Å². The molecule has 1 aliphatic rings. The van der Waals surface area contributed by atoms with Gasteiger partial charge in [0.1, 0.15) is 36.4 Å². The molecule has 20 heteroatoms. The topological polar surface area (TPSA) is 253 Å². The van der Waals surface area contributed by atoms with Crippen LogP contribution in [-0.2, 0) is 25.7 Å². The lowest BCUT2D eigenvalue weighted by Crippen LogP contribution is -2.68. The molecule has 0 radical (unpaired) electrons. The Kier molecular flexibility index (Phi) is 11.4. The van der Waals surface area contributed by atoms with E-state index in [4.69, 9.17) is 14.2 Å². The number of aryl methyl sites for hydroxylation is 1. The zero-order chi connectivity index (χ0) is 37.7. The molecule has 2 aromatic heterocycles. The number of para-hydroxylation sites is 1. The molecule has 2 amide bonds. The van der Waals surface area contributed by atoms with Gasteiger partial charge < -0.3 is 45.1 Å². The molecular weight excluding hydrogens is 696 g/mol. The zero-order valence-electron chi connectivity index (χ0n) is 27.5. The van der Waals surface area contributed by atoms with Crippen LogP contribution >= 0.6 is 0 Å². The number of halogens is 2. The van der Waals surface area contributed by atoms with Gasteiger partial charge >= 0.3 is 17.8 Å². The Balaban J connectivity index is 1.30. The number of aliphatic hydroxyl groups excluding tert-OH is 4. The van der Waals surface area contributed by atoms with Crippen LogP contribution in [0.15, 0.2) is 60.8 Å². The zero-order valence-corrected chi connectivity index (χ0v) is 27.5. The van der Waals surface area contributed by atoms with Crippen molar-refractivity contribution in [1.82, 2.24) is 30.1 Å². The van der Waals surface area contributed by atoms with Crippen LogP contribution in [0, 0.1) is 6.92 Å². The van der Waals surface area contributed by atoms with Crippen LogP contribution in [0.4, 0.5) is 19.4 Å². The summed E-state index contributed by atoms with van der Waals surface area (Å²) in [6, 6.07) is 12.5. The summed E-state index contributed by atoms with van der Waals surface area (Å²) >= 11 is 0. The maximum Gasteiger partial charge on any atom is 0.413 e. The van der Waals surface area contributed by atoms with Gasteiger partial charge in [0.05, 0.1) is 48.3 Å². The second kappa shape index (κ2) is 15.8. The number of aromatic nitrogens is 5. The lowest BCUT2D eigenvalue weighted by Gasteiger charge is -2.46. The van der Waals surface area contributed by atoms with Gasteiger partial charge in [-0.2, -0.15) is 0 Å². The van der Waals surface area contributed by atoms with Gasteiger partial charge in [-0.25, -0.2) is 27.7 Å². The van der Waals surface area contributed by atoms with Crippen molar-refractivity contribution in [2.45, 2.75) is 69.5 Å². The largest absolute Gasteiger partial charge is 0.476 e. The van der Waals surface area contributed by atoms with Crippen molar-refractivity contribution in [2.75, 3.05) is 11.9 Å². The van der Waals surface area contributed by atoms with Gasteiger partial charge in [0.15, 0.2) is 5.82 Å². The Morgan fingerprint density at radius 2 is 1.85 bits per heavy atom. The van der Waals surface area contributed by atoms with Crippen LogP contribution in [0.3, 0.4) is 0 Å². The predicted octanol–water partition coefficient (Wildman–Crippen LogP) is 0.976. The van der Waals surface area contributed by atoms with Gasteiger partial charge in [0.2, 0.25) is 5.91 Å². The van der Waals surface area contributed by atoms with Crippen LogP contribution in [0.5, 0.6) is 5.75 Å². The number of carboxylic acid groups (broad SMARTS) is 1. The summed E-state index contributed by atoms with van der Waals surface area (Å²) in [5.74, 6) is -5.96. The molecule has 1 saturated heterocycles. The lowest BCUT2D eigenvalue weighted by atomic mass is 9.88. The number of ether oxygens (including phenoxy) is 3. The average molecular weight is 732 g/mol. The van der Waals surface area contributed by atoms with E-state index in [9.17, 15) is 48.7 Å². The fraction of sp³-hybridized carbons (Fsp3) is 0.375. The number of benzene rings is 2. The van der Waals surface area contributed by atoms with E-state index < -0.39 is 85.0 Å². The fourth-order valence-electron chi connectivity index (χ4n) is 5.49. The van der Waals surface area contributed by atoms with Gasteiger partial charge in [-0.3, -0.25) is 10.1 Å². The summed E-state index contributed by atoms with van der Waals surface area (Å²) in [6.07, 6.45) is -11.3. The maximum absolute atomic E-state index is 14.4. The van der Waals surface area contributed by atoms with E-state index in [1.54, 1.807) is 10.7 Å². The van der Waals surface area contributed by atoms with Crippen molar-refractivity contribution in [1.29, 1.82) is 0 Å². The number of carbonyl (C=O) groups excluding carboxylic acids is 2. The number of hydrogen-bond acceptors (Lipinski definition) is 13. The number of rotatable bonds is 13. The average Bonchev–Trinajstić information content (AvgIpc) is 3.74. The third-order valence-corrected chi connectivity index (χ3v) is 7.96. The van der Waals surface area contributed by atoms with Gasteiger partial charge in [0.25, 0.3) is 6.43 Å². The van der Waals surface area contributed by atoms with Gasteiger partial charge in [0, 0.05) is 18.7 Å². The first-order chi connectivity index (χ1) is 24.7. The highest BCUT2D eigenvalue weighted by molar-refractivity contribution is 5.83. The van der Waals surface area contributed by atoms with Crippen molar-refractivity contribution >= 4 is 23.8 Å². The van der Waals surface area contributed by atoms with E-state index in [-0.39, 0.29) is 23.8 Å². The molecule has 3 heterocycles. The summed E-state index contributed by atoms with van der Waals surface area (Å²) in [6.45, 7) is 1.51. The highest BCUT2D eigenvalue weighted by Crippen LogP contribution is 2.39.